The van der Waals surface area contributed by atoms with Crippen LogP contribution in [0, 0.1) is 12.3 Å². The van der Waals surface area contributed by atoms with Gasteiger partial charge >= 0.3 is 0 Å². The summed E-state index contributed by atoms with van der Waals surface area (Å²) in [6, 6.07) is 7.41. The summed E-state index contributed by atoms with van der Waals surface area (Å²) in [5, 5.41) is 0. The van der Waals surface area contributed by atoms with E-state index in [1.807, 2.05) is 22.8 Å². The van der Waals surface area contributed by atoms with E-state index in [1.165, 1.54) is 22.7 Å². The average molecular weight is 405 g/mol. The highest BCUT2D eigenvalue weighted by Gasteiger charge is 2.16. The topological polar surface area (TPSA) is 52.8 Å². The van der Waals surface area contributed by atoms with E-state index in [0.29, 0.717) is 40.4 Å². The molecule has 2 aromatic heterocycles. The lowest BCUT2D eigenvalue weighted by Gasteiger charge is -2.18. The lowest BCUT2D eigenvalue weighted by Crippen LogP contribution is -2.17. The number of halogens is 1. The summed E-state index contributed by atoms with van der Waals surface area (Å²) in [5.74, 6) is 3.76. The molecule has 0 radical (unpaired) electrons. The Morgan fingerprint density at radius 3 is 2.73 bits per heavy atom. The van der Waals surface area contributed by atoms with Gasteiger partial charge in [0.05, 0.1) is 27.5 Å². The minimum atomic E-state index is -0.238. The molecule has 132 valence electrons. The average Bonchev–Trinajstić information content (AvgIpc) is 3.17. The number of carbonyl (C=O) groups is 1. The van der Waals surface area contributed by atoms with Gasteiger partial charge in [0.2, 0.25) is 0 Å². The number of aromatic nitrogens is 1. The highest BCUT2D eigenvalue weighted by Crippen LogP contribution is 2.35. The monoisotopic (exact) mass is 404 g/mol. The van der Waals surface area contributed by atoms with Crippen molar-refractivity contribution in [3.05, 3.63) is 38.3 Å². The Kier molecular flexibility index (Phi) is 4.72. The maximum atomic E-state index is 12.4. The normalized spacial score (nSPS) is 13.8. The molecule has 0 saturated heterocycles. The number of terminal acetylenes is 1. The molecule has 4 rings (SSSR count). The van der Waals surface area contributed by atoms with Gasteiger partial charge in [0.15, 0.2) is 16.3 Å². The van der Waals surface area contributed by atoms with E-state index in [9.17, 15) is 4.79 Å². The minimum Gasteiger partial charge on any atom is -0.486 e. The van der Waals surface area contributed by atoms with Crippen LogP contribution in [0.15, 0.2) is 29.3 Å². The molecule has 5 nitrogen and oxygen atoms in total. The maximum Gasteiger partial charge on any atom is 0.253 e. The van der Waals surface area contributed by atoms with Gasteiger partial charge in [-0.2, -0.15) is 4.99 Å². The molecule has 0 atom stereocenters. The van der Waals surface area contributed by atoms with Crippen LogP contribution in [0.25, 0.3) is 10.2 Å². The van der Waals surface area contributed by atoms with Crippen LogP contribution in [0.1, 0.15) is 4.88 Å². The smallest absolute Gasteiger partial charge is 0.253 e. The van der Waals surface area contributed by atoms with Gasteiger partial charge in [0.1, 0.15) is 13.2 Å². The number of ether oxygens (including phenoxy) is 2. The van der Waals surface area contributed by atoms with Crippen molar-refractivity contribution in [2.75, 3.05) is 13.2 Å². The molecule has 1 aromatic carbocycles. The SMILES string of the molecule is C#CCn1c(=NC(=O)Cc2ccc(Cl)s2)sc2cc3c(cc21)OCCO3. The molecule has 8 heteroatoms. The Bertz CT molecular complexity index is 1100. The van der Waals surface area contributed by atoms with Gasteiger partial charge < -0.3 is 14.0 Å². The van der Waals surface area contributed by atoms with Gasteiger partial charge in [0, 0.05) is 17.0 Å². The van der Waals surface area contributed by atoms with Crippen molar-refractivity contribution < 1.29 is 14.3 Å². The van der Waals surface area contributed by atoms with Crippen LogP contribution in [-0.4, -0.2) is 23.7 Å². The standard InChI is InChI=1S/C18H13ClN2O3S2/c1-2-5-21-12-9-13-14(24-7-6-23-13)10-15(12)26-18(21)20-17(22)8-11-3-4-16(19)25-11/h1,3-4,9-10H,5-8H2. The van der Waals surface area contributed by atoms with Gasteiger partial charge in [-0.1, -0.05) is 28.9 Å². The van der Waals surface area contributed by atoms with E-state index in [-0.39, 0.29) is 12.3 Å². The van der Waals surface area contributed by atoms with Crippen molar-refractivity contribution in [1.29, 1.82) is 0 Å². The fourth-order valence-corrected chi connectivity index (χ4v) is 4.81. The second-order valence-electron chi connectivity index (χ2n) is 5.53. The van der Waals surface area contributed by atoms with E-state index >= 15 is 0 Å². The van der Waals surface area contributed by atoms with Gasteiger partial charge in [-0.3, -0.25) is 4.79 Å². The van der Waals surface area contributed by atoms with Crippen LogP contribution in [-0.2, 0) is 17.8 Å². The molecule has 26 heavy (non-hydrogen) atoms. The van der Waals surface area contributed by atoms with Crippen molar-refractivity contribution in [1.82, 2.24) is 4.57 Å². The summed E-state index contributed by atoms with van der Waals surface area (Å²) in [6.07, 6.45) is 5.73. The highest BCUT2D eigenvalue weighted by atomic mass is 35.5. The summed E-state index contributed by atoms with van der Waals surface area (Å²) >= 11 is 8.70. The zero-order valence-corrected chi connectivity index (χ0v) is 15.9. The van der Waals surface area contributed by atoms with Crippen molar-refractivity contribution >= 4 is 50.4 Å². The van der Waals surface area contributed by atoms with Crippen molar-refractivity contribution in [3.63, 3.8) is 0 Å². The number of rotatable bonds is 3. The molecule has 0 N–H and O–H groups in total. The molecule has 3 heterocycles. The first kappa shape index (κ1) is 17.2. The van der Waals surface area contributed by atoms with Gasteiger partial charge in [-0.15, -0.1) is 17.8 Å². The number of hydrogen-bond acceptors (Lipinski definition) is 5. The number of nitrogens with zero attached hydrogens (tertiary/aromatic N) is 2. The predicted molar refractivity (Wildman–Crippen MR) is 103 cm³/mol. The second-order valence-corrected chi connectivity index (χ2v) is 8.34. The third-order valence-corrected chi connectivity index (χ3v) is 6.04. The fraction of sp³-hybridized carbons (Fsp3) is 0.222. The first-order chi connectivity index (χ1) is 12.6. The number of amides is 1. The van der Waals surface area contributed by atoms with E-state index in [0.717, 1.165) is 15.1 Å². The van der Waals surface area contributed by atoms with E-state index in [4.69, 9.17) is 27.5 Å². The first-order valence-corrected chi connectivity index (χ1v) is 9.83. The number of thiophene rings is 1. The lowest BCUT2D eigenvalue weighted by atomic mass is 10.2. The second kappa shape index (κ2) is 7.16. The van der Waals surface area contributed by atoms with Crippen LogP contribution in [0.4, 0.5) is 0 Å². The number of fused-ring (bicyclic) bond motifs is 2. The summed E-state index contributed by atoms with van der Waals surface area (Å²) in [7, 11) is 0. The maximum absolute atomic E-state index is 12.4. The van der Waals surface area contributed by atoms with E-state index in [2.05, 4.69) is 10.9 Å². The number of hydrogen-bond donors (Lipinski definition) is 0. The lowest BCUT2D eigenvalue weighted by molar-refractivity contribution is -0.117. The Hall–Kier alpha value is -2.27. The molecule has 1 aliphatic rings. The van der Waals surface area contributed by atoms with Crippen LogP contribution in [0.3, 0.4) is 0 Å². The Labute approximate surface area is 162 Å². The summed E-state index contributed by atoms with van der Waals surface area (Å²) < 4.78 is 14.7. The number of carbonyl (C=O) groups excluding carboxylic acids is 1. The first-order valence-electron chi connectivity index (χ1n) is 7.82. The third kappa shape index (κ3) is 3.36. The summed E-state index contributed by atoms with van der Waals surface area (Å²) in [4.78, 5) is 18.1. The fourth-order valence-electron chi connectivity index (χ4n) is 2.68. The molecular weight excluding hydrogens is 392 g/mol. The minimum absolute atomic E-state index is 0.213. The van der Waals surface area contributed by atoms with Crippen LogP contribution in [0.2, 0.25) is 4.34 Å². The highest BCUT2D eigenvalue weighted by molar-refractivity contribution is 7.16. The van der Waals surface area contributed by atoms with Crippen molar-refractivity contribution in [2.24, 2.45) is 4.99 Å². The number of thiazole rings is 1. The molecule has 0 spiro atoms. The Balaban J connectivity index is 1.76. The molecular formula is C18H13ClN2O3S2. The molecule has 0 bridgehead atoms. The van der Waals surface area contributed by atoms with Gasteiger partial charge in [0.25, 0.3) is 5.91 Å². The van der Waals surface area contributed by atoms with E-state index in [1.54, 1.807) is 6.07 Å². The quantitative estimate of drug-likeness (QED) is 0.628. The van der Waals surface area contributed by atoms with Crippen LogP contribution in [0.5, 0.6) is 11.5 Å². The molecule has 0 aliphatic carbocycles. The molecule has 3 aromatic rings. The largest absolute Gasteiger partial charge is 0.486 e. The summed E-state index contributed by atoms with van der Waals surface area (Å²) in [5.41, 5.74) is 0.878. The van der Waals surface area contributed by atoms with Crippen LogP contribution >= 0.6 is 34.3 Å². The molecule has 1 amide bonds. The van der Waals surface area contributed by atoms with Gasteiger partial charge in [-0.25, -0.2) is 0 Å². The third-order valence-electron chi connectivity index (χ3n) is 3.77. The zero-order chi connectivity index (χ0) is 18.1. The summed E-state index contributed by atoms with van der Waals surface area (Å²) in [6.45, 7) is 1.35. The molecule has 0 unspecified atom stereocenters. The Morgan fingerprint density at radius 1 is 1.27 bits per heavy atom. The Morgan fingerprint density at radius 2 is 2.04 bits per heavy atom. The number of benzene rings is 1. The van der Waals surface area contributed by atoms with Crippen molar-refractivity contribution in [3.8, 4) is 23.8 Å². The molecule has 0 fully saturated rings. The molecule has 1 aliphatic heterocycles. The van der Waals surface area contributed by atoms with Gasteiger partial charge in [-0.05, 0) is 12.1 Å². The zero-order valence-electron chi connectivity index (χ0n) is 13.5. The van der Waals surface area contributed by atoms with Crippen molar-refractivity contribution in [2.45, 2.75) is 13.0 Å². The predicted octanol–water partition coefficient (Wildman–Crippen LogP) is 3.49. The van der Waals surface area contributed by atoms with Crippen LogP contribution < -0.4 is 14.3 Å². The van der Waals surface area contributed by atoms with E-state index < -0.39 is 0 Å². The molecule has 0 saturated carbocycles.